The van der Waals surface area contributed by atoms with Crippen molar-refractivity contribution < 1.29 is 4.74 Å². The lowest BCUT2D eigenvalue weighted by molar-refractivity contribution is 0.243. The fraction of sp³-hybridized carbons (Fsp3) is 0.143. The van der Waals surface area contributed by atoms with Crippen molar-refractivity contribution in [3.05, 3.63) is 27.7 Å². The zero-order chi connectivity index (χ0) is 7.14. The van der Waals surface area contributed by atoms with E-state index in [0.29, 0.717) is 16.7 Å². The van der Waals surface area contributed by atoms with Crippen molar-refractivity contribution >= 4 is 23.2 Å². The Hall–Kier alpha value is -0.400. The van der Waals surface area contributed by atoms with Gasteiger partial charge >= 0.3 is 0 Å². The van der Waals surface area contributed by atoms with Crippen LogP contribution in [0.4, 0.5) is 0 Å². The maximum Gasteiger partial charge on any atom is 0.128 e. The second-order valence-corrected chi connectivity index (χ2v) is 2.98. The summed E-state index contributed by atoms with van der Waals surface area (Å²) in [5.74, 6) is 0.856. The predicted octanol–water partition coefficient (Wildman–Crippen LogP) is 2.89. The molecule has 1 aromatic carbocycles. The van der Waals surface area contributed by atoms with E-state index in [1.54, 1.807) is 6.07 Å². The van der Waals surface area contributed by atoms with Crippen molar-refractivity contribution in [1.29, 1.82) is 0 Å². The SMILES string of the molecule is Clc1cc2c(cc1Cl)OC2. The highest BCUT2D eigenvalue weighted by Crippen LogP contribution is 2.36. The molecule has 1 aromatic rings. The van der Waals surface area contributed by atoms with Gasteiger partial charge in [0.05, 0.1) is 10.0 Å². The van der Waals surface area contributed by atoms with Gasteiger partial charge in [-0.15, -0.1) is 0 Å². The van der Waals surface area contributed by atoms with Crippen LogP contribution in [0.2, 0.25) is 10.0 Å². The molecule has 0 N–H and O–H groups in total. The molecular formula is C7H4Cl2O. The Morgan fingerprint density at radius 2 is 1.90 bits per heavy atom. The van der Waals surface area contributed by atoms with E-state index in [-0.39, 0.29) is 0 Å². The number of rotatable bonds is 0. The van der Waals surface area contributed by atoms with Crippen LogP contribution >= 0.6 is 23.2 Å². The molecule has 10 heavy (non-hydrogen) atoms. The molecule has 3 heteroatoms. The normalized spacial score (nSPS) is 13.4. The summed E-state index contributed by atoms with van der Waals surface area (Å²) in [6, 6.07) is 3.57. The van der Waals surface area contributed by atoms with Crippen LogP contribution in [-0.2, 0) is 6.61 Å². The lowest BCUT2D eigenvalue weighted by atomic mass is 10.1. The topological polar surface area (TPSA) is 9.23 Å². The molecule has 1 nitrogen and oxygen atoms in total. The average molecular weight is 175 g/mol. The van der Waals surface area contributed by atoms with Gasteiger partial charge in [0.15, 0.2) is 0 Å². The van der Waals surface area contributed by atoms with Crippen molar-refractivity contribution in [3.8, 4) is 5.75 Å². The van der Waals surface area contributed by atoms with E-state index in [0.717, 1.165) is 11.3 Å². The zero-order valence-electron chi connectivity index (χ0n) is 5.03. The molecule has 0 aromatic heterocycles. The van der Waals surface area contributed by atoms with Crippen molar-refractivity contribution in [2.75, 3.05) is 0 Å². The molecule has 0 aliphatic carbocycles. The van der Waals surface area contributed by atoms with E-state index in [2.05, 4.69) is 0 Å². The number of hydrogen-bond acceptors (Lipinski definition) is 1. The lowest BCUT2D eigenvalue weighted by Gasteiger charge is -2.20. The fourth-order valence-corrected chi connectivity index (χ4v) is 1.23. The lowest BCUT2D eigenvalue weighted by Crippen LogP contribution is -2.08. The molecule has 0 fully saturated rings. The van der Waals surface area contributed by atoms with Crippen molar-refractivity contribution in [2.24, 2.45) is 0 Å². The monoisotopic (exact) mass is 174 g/mol. The van der Waals surface area contributed by atoms with Gasteiger partial charge in [-0.05, 0) is 6.07 Å². The molecule has 0 saturated heterocycles. The summed E-state index contributed by atoms with van der Waals surface area (Å²) in [6.07, 6.45) is 0. The van der Waals surface area contributed by atoms with E-state index in [1.807, 2.05) is 6.07 Å². The van der Waals surface area contributed by atoms with Crippen molar-refractivity contribution in [2.45, 2.75) is 6.61 Å². The predicted molar refractivity (Wildman–Crippen MR) is 40.8 cm³/mol. The quantitative estimate of drug-likeness (QED) is 0.588. The third kappa shape index (κ3) is 0.780. The van der Waals surface area contributed by atoms with Crippen molar-refractivity contribution in [1.82, 2.24) is 0 Å². The van der Waals surface area contributed by atoms with Crippen LogP contribution < -0.4 is 4.74 Å². The first kappa shape index (κ1) is 6.32. The van der Waals surface area contributed by atoms with Crippen LogP contribution in [0.25, 0.3) is 0 Å². The average Bonchev–Trinajstić information content (AvgIpc) is 1.89. The summed E-state index contributed by atoms with van der Waals surface area (Å²) in [5.41, 5.74) is 1.13. The molecule has 0 spiro atoms. The molecule has 0 atom stereocenters. The van der Waals surface area contributed by atoms with Gasteiger partial charge < -0.3 is 4.74 Å². The molecule has 0 radical (unpaired) electrons. The molecule has 1 aliphatic heterocycles. The minimum absolute atomic E-state index is 0.556. The highest BCUT2D eigenvalue weighted by molar-refractivity contribution is 6.42. The van der Waals surface area contributed by atoms with Gasteiger partial charge in [0, 0.05) is 11.6 Å². The third-order valence-corrected chi connectivity index (χ3v) is 2.21. The number of halogens is 2. The van der Waals surface area contributed by atoms with Gasteiger partial charge in [0.2, 0.25) is 0 Å². The molecule has 1 aliphatic rings. The Kier molecular flexibility index (Phi) is 1.29. The van der Waals surface area contributed by atoms with Gasteiger partial charge in [-0.25, -0.2) is 0 Å². The number of hydrogen-bond donors (Lipinski definition) is 0. The highest BCUT2D eigenvalue weighted by Gasteiger charge is 2.16. The summed E-state index contributed by atoms with van der Waals surface area (Å²) < 4.78 is 5.07. The van der Waals surface area contributed by atoms with Gasteiger partial charge in [0.25, 0.3) is 0 Å². The molecule has 2 rings (SSSR count). The number of ether oxygens (including phenoxy) is 1. The summed E-state index contributed by atoms with van der Waals surface area (Å²) in [6.45, 7) is 0.659. The van der Waals surface area contributed by atoms with Crippen LogP contribution in [0, 0.1) is 0 Å². The second kappa shape index (κ2) is 2.04. The number of fused-ring (bicyclic) bond motifs is 1. The first-order valence-electron chi connectivity index (χ1n) is 2.88. The van der Waals surface area contributed by atoms with E-state index >= 15 is 0 Å². The molecule has 0 bridgehead atoms. The molecule has 0 unspecified atom stereocenters. The molecular weight excluding hydrogens is 171 g/mol. The minimum atomic E-state index is 0.556. The second-order valence-electron chi connectivity index (χ2n) is 2.16. The van der Waals surface area contributed by atoms with Crippen LogP contribution in [0.5, 0.6) is 5.75 Å². The summed E-state index contributed by atoms with van der Waals surface area (Å²) in [4.78, 5) is 0. The Labute approximate surface area is 68.5 Å². The molecule has 1 heterocycles. The molecule has 0 amide bonds. The maximum atomic E-state index is 5.73. The van der Waals surface area contributed by atoms with Crippen LogP contribution in [0.1, 0.15) is 5.56 Å². The Bertz CT molecular complexity index is 243. The first-order chi connectivity index (χ1) is 4.77. The van der Waals surface area contributed by atoms with Gasteiger partial charge in [-0.3, -0.25) is 0 Å². The Morgan fingerprint density at radius 1 is 1.20 bits per heavy atom. The number of benzene rings is 1. The maximum absolute atomic E-state index is 5.73. The summed E-state index contributed by atoms with van der Waals surface area (Å²) >= 11 is 11.4. The van der Waals surface area contributed by atoms with Crippen LogP contribution in [0.15, 0.2) is 12.1 Å². The van der Waals surface area contributed by atoms with E-state index in [9.17, 15) is 0 Å². The molecule has 52 valence electrons. The minimum Gasteiger partial charge on any atom is -0.488 e. The fourth-order valence-electron chi connectivity index (χ4n) is 0.892. The van der Waals surface area contributed by atoms with Crippen molar-refractivity contribution in [3.63, 3.8) is 0 Å². The van der Waals surface area contributed by atoms with E-state index in [1.165, 1.54) is 0 Å². The van der Waals surface area contributed by atoms with E-state index < -0.39 is 0 Å². The first-order valence-corrected chi connectivity index (χ1v) is 3.63. The van der Waals surface area contributed by atoms with Gasteiger partial charge in [0.1, 0.15) is 12.4 Å². The summed E-state index contributed by atoms with van der Waals surface area (Å²) in [7, 11) is 0. The van der Waals surface area contributed by atoms with Crippen LogP contribution in [-0.4, -0.2) is 0 Å². The zero-order valence-corrected chi connectivity index (χ0v) is 6.54. The van der Waals surface area contributed by atoms with Gasteiger partial charge in [-0.2, -0.15) is 0 Å². The smallest absolute Gasteiger partial charge is 0.128 e. The highest BCUT2D eigenvalue weighted by atomic mass is 35.5. The Balaban J connectivity index is 2.60. The Morgan fingerprint density at radius 3 is 2.40 bits per heavy atom. The van der Waals surface area contributed by atoms with Crippen LogP contribution in [0.3, 0.4) is 0 Å². The van der Waals surface area contributed by atoms with Gasteiger partial charge in [-0.1, -0.05) is 23.2 Å². The summed E-state index contributed by atoms with van der Waals surface area (Å²) in [5, 5.41) is 1.16. The standard InChI is InChI=1S/C7H4Cl2O/c8-5-1-4-3-10-7(4)2-6(5)9/h1-2H,3H2. The molecule has 0 saturated carbocycles. The third-order valence-electron chi connectivity index (χ3n) is 1.49. The largest absolute Gasteiger partial charge is 0.488 e. The van der Waals surface area contributed by atoms with E-state index in [4.69, 9.17) is 27.9 Å².